The number of nitrogens with zero attached hydrogens (tertiary/aromatic N) is 4. The van der Waals surface area contributed by atoms with Crippen molar-refractivity contribution in [3.05, 3.63) is 12.2 Å². The highest BCUT2D eigenvalue weighted by molar-refractivity contribution is 14.0. The lowest BCUT2D eigenvalue weighted by atomic mass is 9.55. The number of nitrogens with one attached hydrogen (secondary N) is 2. The minimum atomic E-state index is 0. The zero-order chi connectivity index (χ0) is 17.4. The third-order valence-corrected chi connectivity index (χ3v) is 6.09. The number of hydrogen-bond donors (Lipinski definition) is 2. The van der Waals surface area contributed by atoms with Crippen molar-refractivity contribution in [2.75, 3.05) is 13.2 Å². The average Bonchev–Trinajstić information content (AvgIpc) is 3.07. The molecule has 7 nitrogen and oxygen atoms in total. The van der Waals surface area contributed by atoms with Crippen molar-refractivity contribution in [2.24, 2.45) is 16.3 Å². The van der Waals surface area contributed by atoms with Crippen LogP contribution in [0.1, 0.15) is 45.9 Å². The van der Waals surface area contributed by atoms with Gasteiger partial charge in [-0.1, -0.05) is 13.8 Å². The third-order valence-electron chi connectivity index (χ3n) is 6.09. The van der Waals surface area contributed by atoms with Crippen LogP contribution in [0.5, 0.6) is 0 Å². The second-order valence-corrected chi connectivity index (χ2v) is 8.10. The number of aliphatic imine (C=N–C) groups is 1. The van der Waals surface area contributed by atoms with Gasteiger partial charge in [0.25, 0.3) is 0 Å². The number of rotatable bonds is 3. The zero-order valence-corrected chi connectivity index (χ0v) is 18.3. The van der Waals surface area contributed by atoms with Crippen molar-refractivity contribution in [1.82, 2.24) is 25.4 Å². The molecule has 0 radical (unpaired) electrons. The maximum absolute atomic E-state index is 6.03. The second-order valence-electron chi connectivity index (χ2n) is 8.10. The first-order chi connectivity index (χ1) is 12.1. The molecule has 4 atom stereocenters. The van der Waals surface area contributed by atoms with Gasteiger partial charge < -0.3 is 15.4 Å². The summed E-state index contributed by atoms with van der Waals surface area (Å²) in [5.74, 6) is 2.61. The zero-order valence-electron chi connectivity index (χ0n) is 15.9. The highest BCUT2D eigenvalue weighted by Crippen LogP contribution is 2.51. The lowest BCUT2D eigenvalue weighted by Crippen LogP contribution is -2.71. The summed E-state index contributed by atoms with van der Waals surface area (Å²) in [6, 6.07) is 0.759. The number of ether oxygens (including phenoxy) is 1. The van der Waals surface area contributed by atoms with Crippen molar-refractivity contribution < 1.29 is 4.74 Å². The fraction of sp³-hybridized carbons (Fsp3) is 0.833. The van der Waals surface area contributed by atoms with Gasteiger partial charge in [0.05, 0.1) is 12.6 Å². The largest absolute Gasteiger partial charge is 0.377 e. The molecule has 3 heterocycles. The molecule has 26 heavy (non-hydrogen) atoms. The van der Waals surface area contributed by atoms with Gasteiger partial charge in [0, 0.05) is 43.0 Å². The second kappa shape index (κ2) is 8.00. The number of aromatic nitrogens is 3. The maximum Gasteiger partial charge on any atom is 0.191 e. The van der Waals surface area contributed by atoms with E-state index >= 15 is 0 Å². The van der Waals surface area contributed by atoms with Crippen LogP contribution in [0.3, 0.4) is 0 Å². The Kier molecular flexibility index (Phi) is 6.11. The van der Waals surface area contributed by atoms with Gasteiger partial charge in [-0.15, -0.1) is 24.0 Å². The van der Waals surface area contributed by atoms with E-state index < -0.39 is 0 Å². The highest BCUT2D eigenvalue weighted by Gasteiger charge is 2.58. The molecule has 2 aliphatic heterocycles. The van der Waals surface area contributed by atoms with Crippen LogP contribution in [0, 0.1) is 11.3 Å². The number of fused-ring (bicyclic) bond motifs is 2. The normalized spacial score (nSPS) is 32.5. The first-order valence-electron chi connectivity index (χ1n) is 9.65. The standard InChI is InChI=1S/C18H30N6O.HI/c1-4-19-17(22-12-7-8-14-20-11-21-24(14)10-12)23-15-13-6-5-9-25-16(13)18(15,2)3;/h11-13,15-16H,4-10H2,1-3H3,(H2,19,22,23);1H. The Bertz CT molecular complexity index is 645. The summed E-state index contributed by atoms with van der Waals surface area (Å²) in [5, 5.41) is 11.7. The summed E-state index contributed by atoms with van der Waals surface area (Å²) in [6.45, 7) is 9.23. The van der Waals surface area contributed by atoms with Crippen molar-refractivity contribution in [3.8, 4) is 0 Å². The summed E-state index contributed by atoms with van der Waals surface area (Å²) >= 11 is 0. The summed E-state index contributed by atoms with van der Waals surface area (Å²) in [4.78, 5) is 9.00. The summed E-state index contributed by atoms with van der Waals surface area (Å²) < 4.78 is 8.03. The number of aryl methyl sites for hydroxylation is 1. The van der Waals surface area contributed by atoms with Crippen LogP contribution in [-0.4, -0.2) is 52.1 Å². The molecule has 4 unspecified atom stereocenters. The van der Waals surface area contributed by atoms with E-state index in [1.807, 2.05) is 4.68 Å². The fourth-order valence-electron chi connectivity index (χ4n) is 4.80. The molecule has 1 aromatic heterocycles. The molecule has 1 saturated carbocycles. The van der Waals surface area contributed by atoms with Gasteiger partial charge in [0.15, 0.2) is 5.96 Å². The number of guanidine groups is 1. The monoisotopic (exact) mass is 474 g/mol. The SMILES string of the molecule is CCN=C(NC1CCc2ncnn2C1)NC1C2CCCOC2C1(C)C.I. The number of hydrogen-bond acceptors (Lipinski definition) is 4. The molecule has 0 spiro atoms. The lowest BCUT2D eigenvalue weighted by Gasteiger charge is -2.60. The van der Waals surface area contributed by atoms with E-state index in [1.54, 1.807) is 6.33 Å². The predicted molar refractivity (Wildman–Crippen MR) is 112 cm³/mol. The minimum Gasteiger partial charge on any atom is -0.377 e. The van der Waals surface area contributed by atoms with Crippen molar-refractivity contribution >= 4 is 29.9 Å². The topological polar surface area (TPSA) is 76.4 Å². The molecule has 1 saturated heterocycles. The molecule has 2 N–H and O–H groups in total. The van der Waals surface area contributed by atoms with Crippen LogP contribution >= 0.6 is 24.0 Å². The van der Waals surface area contributed by atoms with E-state index in [9.17, 15) is 0 Å². The van der Waals surface area contributed by atoms with Gasteiger partial charge in [0.2, 0.25) is 0 Å². The van der Waals surface area contributed by atoms with Gasteiger partial charge in [-0.25, -0.2) is 9.67 Å². The summed E-state index contributed by atoms with van der Waals surface area (Å²) in [6.07, 6.45) is 6.47. The van der Waals surface area contributed by atoms with Gasteiger partial charge >= 0.3 is 0 Å². The smallest absolute Gasteiger partial charge is 0.191 e. The lowest BCUT2D eigenvalue weighted by molar-refractivity contribution is -0.188. The van der Waals surface area contributed by atoms with Crippen LogP contribution in [0.2, 0.25) is 0 Å². The van der Waals surface area contributed by atoms with Gasteiger partial charge in [-0.05, 0) is 26.2 Å². The molecule has 8 heteroatoms. The summed E-state index contributed by atoms with van der Waals surface area (Å²) in [5.41, 5.74) is 0.146. The Balaban J connectivity index is 0.00000196. The maximum atomic E-state index is 6.03. The molecule has 3 aliphatic rings. The molecular formula is C18H31IN6O. The van der Waals surface area contributed by atoms with Gasteiger partial charge in [0.1, 0.15) is 12.2 Å². The van der Waals surface area contributed by atoms with Crippen molar-refractivity contribution in [2.45, 2.75) is 71.2 Å². The summed E-state index contributed by atoms with van der Waals surface area (Å²) in [7, 11) is 0. The van der Waals surface area contributed by atoms with E-state index in [1.165, 1.54) is 12.8 Å². The fourth-order valence-corrected chi connectivity index (χ4v) is 4.80. The molecule has 2 fully saturated rings. The molecule has 0 amide bonds. The Morgan fingerprint density at radius 1 is 1.38 bits per heavy atom. The van der Waals surface area contributed by atoms with Crippen LogP contribution < -0.4 is 10.6 Å². The third kappa shape index (κ3) is 3.58. The Hall–Kier alpha value is -0.900. The van der Waals surface area contributed by atoms with Crippen LogP contribution in [0.15, 0.2) is 11.3 Å². The van der Waals surface area contributed by atoms with Crippen molar-refractivity contribution in [3.63, 3.8) is 0 Å². The molecule has 0 aromatic carbocycles. The van der Waals surface area contributed by atoms with Crippen LogP contribution in [0.25, 0.3) is 0 Å². The Morgan fingerprint density at radius 2 is 2.23 bits per heavy atom. The average molecular weight is 474 g/mol. The van der Waals surface area contributed by atoms with Gasteiger partial charge in [-0.3, -0.25) is 4.99 Å². The Morgan fingerprint density at radius 3 is 3.04 bits per heavy atom. The molecule has 146 valence electrons. The van der Waals surface area contributed by atoms with E-state index in [0.717, 1.165) is 44.3 Å². The first kappa shape index (κ1) is 19.9. The van der Waals surface area contributed by atoms with Crippen molar-refractivity contribution in [1.29, 1.82) is 0 Å². The van der Waals surface area contributed by atoms with E-state index in [0.29, 0.717) is 24.1 Å². The molecule has 0 bridgehead atoms. The predicted octanol–water partition coefficient (Wildman–Crippen LogP) is 1.97. The molecule has 1 aromatic rings. The molecule has 1 aliphatic carbocycles. The van der Waals surface area contributed by atoms with Crippen LogP contribution in [-0.2, 0) is 17.7 Å². The van der Waals surface area contributed by atoms with Gasteiger partial charge in [-0.2, -0.15) is 5.10 Å². The highest BCUT2D eigenvalue weighted by atomic mass is 127. The first-order valence-corrected chi connectivity index (χ1v) is 9.65. The molecular weight excluding hydrogens is 443 g/mol. The van der Waals surface area contributed by atoms with E-state index in [2.05, 4.69) is 41.5 Å². The quantitative estimate of drug-likeness (QED) is 0.398. The number of halogens is 1. The Labute approximate surface area is 172 Å². The molecule has 4 rings (SSSR count). The van der Waals surface area contributed by atoms with Crippen LogP contribution in [0.4, 0.5) is 0 Å². The van der Waals surface area contributed by atoms with E-state index in [4.69, 9.17) is 9.73 Å². The minimum absolute atomic E-state index is 0. The van der Waals surface area contributed by atoms with E-state index in [-0.39, 0.29) is 29.4 Å².